The second kappa shape index (κ2) is 5.72. The minimum Gasteiger partial charge on any atom is -0.322 e. The molecule has 0 bridgehead atoms. The van der Waals surface area contributed by atoms with Crippen LogP contribution in [0.2, 0.25) is 5.02 Å². The monoisotopic (exact) mass is 338 g/mol. The number of aryl methyl sites for hydroxylation is 1. The molecule has 19 heavy (non-hydrogen) atoms. The fourth-order valence-corrected chi connectivity index (χ4v) is 2.28. The summed E-state index contributed by atoms with van der Waals surface area (Å²) < 4.78 is 0.943. The van der Waals surface area contributed by atoms with Crippen LogP contribution in [-0.2, 0) is 0 Å². The average molecular weight is 340 g/mol. The lowest BCUT2D eigenvalue weighted by molar-refractivity contribution is 0.102. The van der Waals surface area contributed by atoms with E-state index in [-0.39, 0.29) is 5.91 Å². The van der Waals surface area contributed by atoms with Crippen molar-refractivity contribution in [3.63, 3.8) is 0 Å². The molecule has 0 aliphatic rings. The zero-order valence-corrected chi connectivity index (χ0v) is 12.8. The summed E-state index contributed by atoms with van der Waals surface area (Å²) in [5.41, 5.74) is 2.86. The van der Waals surface area contributed by atoms with Crippen molar-refractivity contribution in [2.24, 2.45) is 0 Å². The number of rotatable bonds is 2. The molecule has 2 aromatic rings. The Kier molecular flexibility index (Phi) is 4.22. The molecule has 0 aliphatic carbocycles. The van der Waals surface area contributed by atoms with Crippen LogP contribution in [0.1, 0.15) is 21.6 Å². The number of carbonyl (C=O) groups is 1. The van der Waals surface area contributed by atoms with Gasteiger partial charge in [-0.05, 0) is 37.6 Å². The number of carbonyl (C=O) groups excluding carboxylic acids is 1. The molecular formula is C14H12BrClN2O. The molecule has 5 heteroatoms. The van der Waals surface area contributed by atoms with Crippen LogP contribution in [0.15, 0.2) is 34.9 Å². The first kappa shape index (κ1) is 14.0. The Hall–Kier alpha value is -1.39. The summed E-state index contributed by atoms with van der Waals surface area (Å²) in [5, 5.41) is 3.23. The largest absolute Gasteiger partial charge is 0.322 e. The third kappa shape index (κ3) is 3.14. The van der Waals surface area contributed by atoms with Crippen LogP contribution in [0.4, 0.5) is 5.69 Å². The van der Waals surface area contributed by atoms with Crippen LogP contribution in [-0.4, -0.2) is 10.9 Å². The molecule has 0 saturated heterocycles. The lowest BCUT2D eigenvalue weighted by Gasteiger charge is -2.10. The van der Waals surface area contributed by atoms with Crippen molar-refractivity contribution in [3.05, 3.63) is 56.8 Å². The van der Waals surface area contributed by atoms with Gasteiger partial charge in [-0.2, -0.15) is 0 Å². The topological polar surface area (TPSA) is 42.0 Å². The number of aromatic nitrogens is 1. The Bertz CT molecular complexity index is 643. The molecule has 0 spiro atoms. The Labute approximate surface area is 125 Å². The molecule has 1 aromatic heterocycles. The first-order chi connectivity index (χ1) is 8.99. The molecule has 0 fully saturated rings. The summed E-state index contributed by atoms with van der Waals surface area (Å²) in [7, 11) is 0. The SMILES string of the molecule is Cc1cc(Cl)c(C(=O)Nc2cccc(Br)c2C)cn1. The maximum absolute atomic E-state index is 12.2. The van der Waals surface area contributed by atoms with Gasteiger partial charge >= 0.3 is 0 Å². The smallest absolute Gasteiger partial charge is 0.258 e. The number of anilines is 1. The van der Waals surface area contributed by atoms with E-state index in [0.717, 1.165) is 21.4 Å². The molecule has 0 saturated carbocycles. The van der Waals surface area contributed by atoms with Crippen molar-refractivity contribution < 1.29 is 4.79 Å². The van der Waals surface area contributed by atoms with Gasteiger partial charge in [0.05, 0.1) is 10.6 Å². The van der Waals surface area contributed by atoms with E-state index in [1.807, 2.05) is 32.0 Å². The minimum absolute atomic E-state index is 0.265. The van der Waals surface area contributed by atoms with Gasteiger partial charge in [0.2, 0.25) is 0 Å². The Morgan fingerprint density at radius 1 is 1.37 bits per heavy atom. The minimum atomic E-state index is -0.265. The first-order valence-electron chi connectivity index (χ1n) is 5.67. The van der Waals surface area contributed by atoms with Crippen molar-refractivity contribution in [1.82, 2.24) is 4.98 Å². The number of hydrogen-bond acceptors (Lipinski definition) is 2. The first-order valence-corrected chi connectivity index (χ1v) is 6.84. The second-order valence-electron chi connectivity index (χ2n) is 4.17. The highest BCUT2D eigenvalue weighted by Gasteiger charge is 2.13. The molecule has 1 amide bonds. The maximum Gasteiger partial charge on any atom is 0.258 e. The van der Waals surface area contributed by atoms with Gasteiger partial charge in [0.15, 0.2) is 0 Å². The van der Waals surface area contributed by atoms with E-state index >= 15 is 0 Å². The highest BCUT2D eigenvalue weighted by Crippen LogP contribution is 2.25. The van der Waals surface area contributed by atoms with Crippen LogP contribution in [0.3, 0.4) is 0 Å². The fourth-order valence-electron chi connectivity index (χ4n) is 1.63. The molecule has 1 aromatic carbocycles. The van der Waals surface area contributed by atoms with E-state index < -0.39 is 0 Å². The molecule has 98 valence electrons. The maximum atomic E-state index is 12.2. The van der Waals surface area contributed by atoms with Crippen LogP contribution in [0, 0.1) is 13.8 Å². The van der Waals surface area contributed by atoms with E-state index in [0.29, 0.717) is 10.6 Å². The van der Waals surface area contributed by atoms with E-state index in [4.69, 9.17) is 11.6 Å². The number of hydrogen-bond donors (Lipinski definition) is 1. The van der Waals surface area contributed by atoms with Gasteiger partial charge < -0.3 is 5.32 Å². The van der Waals surface area contributed by atoms with Crippen LogP contribution in [0.25, 0.3) is 0 Å². The molecule has 3 nitrogen and oxygen atoms in total. The van der Waals surface area contributed by atoms with Crippen LogP contribution in [0.5, 0.6) is 0 Å². The number of amides is 1. The lowest BCUT2D eigenvalue weighted by Crippen LogP contribution is -2.14. The van der Waals surface area contributed by atoms with Crippen molar-refractivity contribution in [1.29, 1.82) is 0 Å². The third-order valence-electron chi connectivity index (χ3n) is 2.75. The summed E-state index contributed by atoms with van der Waals surface area (Å²) >= 11 is 9.48. The van der Waals surface area contributed by atoms with Crippen molar-refractivity contribution in [2.45, 2.75) is 13.8 Å². The van der Waals surface area contributed by atoms with Gasteiger partial charge in [-0.1, -0.05) is 33.6 Å². The van der Waals surface area contributed by atoms with Gasteiger partial charge in [0, 0.05) is 22.1 Å². The zero-order valence-electron chi connectivity index (χ0n) is 10.5. The van der Waals surface area contributed by atoms with E-state index in [1.165, 1.54) is 6.20 Å². The van der Waals surface area contributed by atoms with Crippen molar-refractivity contribution >= 4 is 39.1 Å². The second-order valence-corrected chi connectivity index (χ2v) is 5.43. The number of halogens is 2. The molecule has 1 N–H and O–H groups in total. The average Bonchev–Trinajstić information content (AvgIpc) is 2.34. The van der Waals surface area contributed by atoms with Crippen LogP contribution >= 0.6 is 27.5 Å². The van der Waals surface area contributed by atoms with E-state index in [2.05, 4.69) is 26.2 Å². The van der Waals surface area contributed by atoms with Crippen LogP contribution < -0.4 is 5.32 Å². The zero-order chi connectivity index (χ0) is 14.0. The number of benzene rings is 1. The summed E-state index contributed by atoms with van der Waals surface area (Å²) in [6, 6.07) is 7.30. The Morgan fingerprint density at radius 2 is 2.11 bits per heavy atom. The van der Waals surface area contributed by atoms with E-state index in [1.54, 1.807) is 6.07 Å². The highest BCUT2D eigenvalue weighted by atomic mass is 79.9. The number of nitrogens with one attached hydrogen (secondary N) is 1. The standard InChI is InChI=1S/C14H12BrClN2O/c1-8-6-12(16)10(7-17-8)14(19)18-13-5-3-4-11(15)9(13)2/h3-7H,1-2H3,(H,18,19). The molecule has 0 aliphatic heterocycles. The fraction of sp³-hybridized carbons (Fsp3) is 0.143. The molecule has 0 radical (unpaired) electrons. The number of nitrogens with zero attached hydrogens (tertiary/aromatic N) is 1. The molecule has 0 atom stereocenters. The number of pyridine rings is 1. The van der Waals surface area contributed by atoms with Gasteiger partial charge in [-0.15, -0.1) is 0 Å². The molecule has 0 unspecified atom stereocenters. The van der Waals surface area contributed by atoms with Crippen molar-refractivity contribution in [2.75, 3.05) is 5.32 Å². The molecule has 2 rings (SSSR count). The quantitative estimate of drug-likeness (QED) is 0.883. The highest BCUT2D eigenvalue weighted by molar-refractivity contribution is 9.10. The third-order valence-corrected chi connectivity index (χ3v) is 3.92. The van der Waals surface area contributed by atoms with Gasteiger partial charge in [0.25, 0.3) is 5.91 Å². The predicted molar refractivity (Wildman–Crippen MR) is 80.8 cm³/mol. The Morgan fingerprint density at radius 3 is 2.79 bits per heavy atom. The summed E-state index contributed by atoms with van der Waals surface area (Å²) in [4.78, 5) is 16.2. The van der Waals surface area contributed by atoms with Gasteiger partial charge in [0.1, 0.15) is 0 Å². The Balaban J connectivity index is 2.28. The lowest BCUT2D eigenvalue weighted by atomic mass is 10.2. The van der Waals surface area contributed by atoms with E-state index in [9.17, 15) is 4.79 Å². The predicted octanol–water partition coefficient (Wildman–Crippen LogP) is 4.37. The normalized spacial score (nSPS) is 10.3. The van der Waals surface area contributed by atoms with Crippen molar-refractivity contribution in [3.8, 4) is 0 Å². The summed E-state index contributed by atoms with van der Waals surface area (Å²) in [6.07, 6.45) is 1.49. The molecular weight excluding hydrogens is 328 g/mol. The summed E-state index contributed by atoms with van der Waals surface area (Å²) in [6.45, 7) is 3.75. The summed E-state index contributed by atoms with van der Waals surface area (Å²) in [5.74, 6) is -0.265. The van der Waals surface area contributed by atoms with Gasteiger partial charge in [-0.25, -0.2) is 0 Å². The van der Waals surface area contributed by atoms with Gasteiger partial charge in [-0.3, -0.25) is 9.78 Å². The molecule has 1 heterocycles.